The fourth-order valence-corrected chi connectivity index (χ4v) is 2.81. The van der Waals surface area contributed by atoms with Crippen LogP contribution in [-0.2, 0) is 11.3 Å². The molecule has 1 aliphatic carbocycles. The van der Waals surface area contributed by atoms with Gasteiger partial charge in [-0.05, 0) is 37.8 Å². The Labute approximate surface area is 123 Å². The van der Waals surface area contributed by atoms with Gasteiger partial charge in [0, 0.05) is 6.54 Å². The predicted octanol–water partition coefficient (Wildman–Crippen LogP) is 2.28. The van der Waals surface area contributed by atoms with Crippen molar-refractivity contribution in [3.8, 4) is 0 Å². The van der Waals surface area contributed by atoms with Crippen LogP contribution in [0.15, 0.2) is 16.5 Å². The third-order valence-electron chi connectivity index (χ3n) is 3.97. The third-order valence-corrected chi connectivity index (χ3v) is 3.97. The second-order valence-electron chi connectivity index (χ2n) is 5.57. The van der Waals surface area contributed by atoms with E-state index < -0.39 is 5.97 Å². The third kappa shape index (κ3) is 4.51. The van der Waals surface area contributed by atoms with E-state index in [0.29, 0.717) is 25.3 Å². The first-order chi connectivity index (χ1) is 10.1. The zero-order valence-corrected chi connectivity index (χ0v) is 12.2. The van der Waals surface area contributed by atoms with Crippen molar-refractivity contribution < 1.29 is 19.1 Å². The van der Waals surface area contributed by atoms with Gasteiger partial charge in [0.25, 0.3) is 0 Å². The van der Waals surface area contributed by atoms with Crippen molar-refractivity contribution in [3.05, 3.63) is 23.7 Å². The van der Waals surface area contributed by atoms with Crippen LogP contribution >= 0.6 is 0 Å². The molecule has 0 aromatic carbocycles. The Hall–Kier alpha value is -1.98. The first-order valence-corrected chi connectivity index (χ1v) is 7.36. The highest BCUT2D eigenvalue weighted by molar-refractivity contribution is 5.74. The van der Waals surface area contributed by atoms with Gasteiger partial charge in [-0.15, -0.1) is 0 Å². The summed E-state index contributed by atoms with van der Waals surface area (Å²) in [4.78, 5) is 22.9. The maximum atomic E-state index is 11.7. The number of carbonyl (C=O) groups excluding carboxylic acids is 1. The van der Waals surface area contributed by atoms with E-state index in [1.165, 1.54) is 0 Å². The summed E-state index contributed by atoms with van der Waals surface area (Å²) in [6.07, 6.45) is 3.55. The van der Waals surface area contributed by atoms with E-state index >= 15 is 0 Å². The number of urea groups is 1. The van der Waals surface area contributed by atoms with Gasteiger partial charge in [0.05, 0.1) is 12.5 Å². The Morgan fingerprint density at radius 1 is 1.29 bits per heavy atom. The van der Waals surface area contributed by atoms with Crippen molar-refractivity contribution in [2.24, 2.45) is 11.8 Å². The number of amides is 2. The fourth-order valence-electron chi connectivity index (χ4n) is 2.81. The molecule has 1 saturated carbocycles. The normalized spacial score (nSPS) is 21.8. The molecule has 1 aromatic heterocycles. The van der Waals surface area contributed by atoms with Crippen LogP contribution in [-0.4, -0.2) is 23.7 Å². The molecule has 6 heteroatoms. The van der Waals surface area contributed by atoms with E-state index in [1.54, 1.807) is 0 Å². The lowest BCUT2D eigenvalue weighted by molar-refractivity contribution is -0.144. The van der Waals surface area contributed by atoms with E-state index in [0.717, 1.165) is 25.0 Å². The lowest BCUT2D eigenvalue weighted by atomic mass is 9.79. The number of aryl methyl sites for hydroxylation is 1. The molecular formula is C15H22N2O4. The second-order valence-corrected chi connectivity index (χ2v) is 5.57. The Kier molecular flexibility index (Phi) is 5.25. The lowest BCUT2D eigenvalue weighted by Crippen LogP contribution is -2.41. The largest absolute Gasteiger partial charge is 0.481 e. The standard InChI is InChI=1S/C15H22N2O4/c1-10-6-7-12(21-10)9-17-15(20)16-8-11-4-2-3-5-13(11)14(18)19/h6-7,11,13H,2-5,8-9H2,1H3,(H,18,19)(H2,16,17,20). The van der Waals surface area contributed by atoms with Crippen molar-refractivity contribution in [1.29, 1.82) is 0 Å². The number of aliphatic carboxylic acids is 1. The number of hydrogen-bond donors (Lipinski definition) is 3. The van der Waals surface area contributed by atoms with Gasteiger partial charge >= 0.3 is 12.0 Å². The lowest BCUT2D eigenvalue weighted by Gasteiger charge is -2.28. The van der Waals surface area contributed by atoms with Gasteiger partial charge in [-0.3, -0.25) is 4.79 Å². The summed E-state index contributed by atoms with van der Waals surface area (Å²) in [5.74, 6) is 0.426. The number of nitrogens with one attached hydrogen (secondary N) is 2. The molecule has 1 heterocycles. The SMILES string of the molecule is Cc1ccc(CNC(=O)NCC2CCCCC2C(=O)O)o1. The molecule has 2 amide bonds. The highest BCUT2D eigenvalue weighted by atomic mass is 16.4. The fraction of sp³-hybridized carbons (Fsp3) is 0.600. The Morgan fingerprint density at radius 2 is 2.05 bits per heavy atom. The number of hydrogen-bond acceptors (Lipinski definition) is 3. The minimum Gasteiger partial charge on any atom is -0.481 e. The molecule has 0 aliphatic heterocycles. The van der Waals surface area contributed by atoms with Crippen LogP contribution in [0.2, 0.25) is 0 Å². The number of carbonyl (C=O) groups is 2. The van der Waals surface area contributed by atoms with Crippen LogP contribution in [0.25, 0.3) is 0 Å². The van der Waals surface area contributed by atoms with Gasteiger partial charge in [-0.1, -0.05) is 12.8 Å². The monoisotopic (exact) mass is 294 g/mol. The van der Waals surface area contributed by atoms with E-state index in [-0.39, 0.29) is 17.9 Å². The molecule has 0 radical (unpaired) electrons. The zero-order chi connectivity index (χ0) is 15.2. The highest BCUT2D eigenvalue weighted by Gasteiger charge is 2.30. The van der Waals surface area contributed by atoms with Crippen LogP contribution in [0, 0.1) is 18.8 Å². The van der Waals surface area contributed by atoms with Gasteiger partial charge in [0.15, 0.2) is 0 Å². The summed E-state index contributed by atoms with van der Waals surface area (Å²) in [6, 6.07) is 3.37. The molecule has 2 atom stereocenters. The molecule has 6 nitrogen and oxygen atoms in total. The number of rotatable bonds is 5. The summed E-state index contributed by atoms with van der Waals surface area (Å²) >= 11 is 0. The molecule has 1 aliphatic rings. The first-order valence-electron chi connectivity index (χ1n) is 7.36. The summed E-state index contributed by atoms with van der Waals surface area (Å²) in [6.45, 7) is 2.57. The van der Waals surface area contributed by atoms with Gasteiger partial charge in [-0.25, -0.2) is 4.79 Å². The molecular weight excluding hydrogens is 272 g/mol. The molecule has 116 valence electrons. The number of furan rings is 1. The average Bonchev–Trinajstić information content (AvgIpc) is 2.88. The van der Waals surface area contributed by atoms with Crippen molar-refractivity contribution in [1.82, 2.24) is 10.6 Å². The molecule has 0 bridgehead atoms. The smallest absolute Gasteiger partial charge is 0.315 e. The second kappa shape index (κ2) is 7.15. The molecule has 0 saturated heterocycles. The first kappa shape index (κ1) is 15.4. The van der Waals surface area contributed by atoms with E-state index in [2.05, 4.69) is 10.6 Å². The maximum Gasteiger partial charge on any atom is 0.315 e. The minimum absolute atomic E-state index is 0.0212. The zero-order valence-electron chi connectivity index (χ0n) is 12.2. The van der Waals surface area contributed by atoms with Crippen molar-refractivity contribution >= 4 is 12.0 Å². The van der Waals surface area contributed by atoms with Crippen molar-refractivity contribution in [3.63, 3.8) is 0 Å². The Morgan fingerprint density at radius 3 is 2.71 bits per heavy atom. The Bertz CT molecular complexity index is 498. The average molecular weight is 294 g/mol. The molecule has 2 rings (SSSR count). The maximum absolute atomic E-state index is 11.7. The van der Waals surface area contributed by atoms with Crippen LogP contribution in [0.1, 0.15) is 37.2 Å². The highest BCUT2D eigenvalue weighted by Crippen LogP contribution is 2.29. The van der Waals surface area contributed by atoms with Crippen molar-refractivity contribution in [2.45, 2.75) is 39.2 Å². The van der Waals surface area contributed by atoms with Crippen LogP contribution < -0.4 is 10.6 Å². The van der Waals surface area contributed by atoms with Crippen LogP contribution in [0.4, 0.5) is 4.79 Å². The Balaban J connectivity index is 1.73. The van der Waals surface area contributed by atoms with Gasteiger partial charge in [0.1, 0.15) is 11.5 Å². The van der Waals surface area contributed by atoms with Gasteiger partial charge in [0.2, 0.25) is 0 Å². The molecule has 21 heavy (non-hydrogen) atoms. The van der Waals surface area contributed by atoms with E-state index in [4.69, 9.17) is 4.42 Å². The van der Waals surface area contributed by atoms with E-state index in [1.807, 2.05) is 19.1 Å². The van der Waals surface area contributed by atoms with Crippen LogP contribution in [0.3, 0.4) is 0 Å². The molecule has 3 N–H and O–H groups in total. The number of carboxylic acid groups (broad SMARTS) is 1. The summed E-state index contributed by atoms with van der Waals surface area (Å²) in [5.41, 5.74) is 0. The predicted molar refractivity (Wildman–Crippen MR) is 76.8 cm³/mol. The van der Waals surface area contributed by atoms with Crippen molar-refractivity contribution in [2.75, 3.05) is 6.54 Å². The summed E-state index contributed by atoms with van der Waals surface area (Å²) < 4.78 is 5.36. The van der Waals surface area contributed by atoms with E-state index in [9.17, 15) is 14.7 Å². The molecule has 1 aromatic rings. The topological polar surface area (TPSA) is 91.6 Å². The quantitative estimate of drug-likeness (QED) is 0.777. The molecule has 2 unspecified atom stereocenters. The van der Waals surface area contributed by atoms with Gasteiger partial charge in [-0.2, -0.15) is 0 Å². The van der Waals surface area contributed by atoms with Crippen LogP contribution in [0.5, 0.6) is 0 Å². The summed E-state index contributed by atoms with van der Waals surface area (Å²) in [5, 5.41) is 14.7. The van der Waals surface area contributed by atoms with Gasteiger partial charge < -0.3 is 20.2 Å². The molecule has 0 spiro atoms. The number of carboxylic acids is 1. The minimum atomic E-state index is -0.757. The molecule has 1 fully saturated rings. The summed E-state index contributed by atoms with van der Waals surface area (Å²) in [7, 11) is 0.